The molecular formula is C111H76Cl3Ir2N16O6Pt2-. The van der Waals surface area contributed by atoms with E-state index in [-0.39, 0.29) is 57.3 Å². The molecule has 7 aromatic carbocycles. The van der Waals surface area contributed by atoms with Crippen LogP contribution < -0.4 is 29.6 Å². The quantitative estimate of drug-likeness (QED) is 0.0582. The normalized spacial score (nSPS) is 12.8. The number of aromatic carboxylic acids is 2. The van der Waals surface area contributed by atoms with Crippen LogP contribution >= 0.6 is 30.4 Å². The van der Waals surface area contributed by atoms with E-state index in [2.05, 4.69) is 145 Å². The van der Waals surface area contributed by atoms with Gasteiger partial charge in [0.05, 0.1) is 57.3 Å². The molecule has 0 fully saturated rings. The molecule has 0 amide bonds. The maximum atomic E-state index is 10.3. The number of aliphatic imine (C=N–C) groups is 2. The summed E-state index contributed by atoms with van der Waals surface area (Å²) in [5, 5.41) is 34.3. The average molecular weight is 2610 g/mol. The third-order valence-corrected chi connectivity index (χ3v) is 21.0. The first kappa shape index (κ1) is 102. The zero-order chi connectivity index (χ0) is 95.6. The molecule has 16 heterocycles. The molecule has 0 spiro atoms. The van der Waals surface area contributed by atoms with Gasteiger partial charge in [-0.05, 0) is 167 Å². The second kappa shape index (κ2) is 51.9. The molecule has 2 radical (unpaired) electrons. The van der Waals surface area contributed by atoms with Crippen LogP contribution in [0.15, 0.2) is 442 Å². The van der Waals surface area contributed by atoms with Gasteiger partial charge < -0.3 is 45.3 Å². The van der Waals surface area contributed by atoms with E-state index in [1.165, 1.54) is 18.2 Å². The van der Waals surface area contributed by atoms with Crippen molar-refractivity contribution in [1.29, 1.82) is 0 Å². The summed E-state index contributed by atoms with van der Waals surface area (Å²) >= 11 is 10.1. The molecule has 20 aromatic rings. The molecule has 0 saturated carbocycles. The van der Waals surface area contributed by atoms with Gasteiger partial charge in [-0.3, -0.25) is 34.9 Å². The molecule has 22 nitrogen and oxygen atoms in total. The van der Waals surface area contributed by atoms with Crippen LogP contribution in [0.5, 0.6) is 11.5 Å². The van der Waals surface area contributed by atoms with Gasteiger partial charge in [-0.15, -0.1) is 107 Å². The molecule has 0 saturated heterocycles. The van der Waals surface area contributed by atoms with E-state index in [0.717, 1.165) is 140 Å². The van der Waals surface area contributed by atoms with Crippen molar-refractivity contribution in [3.05, 3.63) is 500 Å². The minimum atomic E-state index is -1.24. The van der Waals surface area contributed by atoms with Gasteiger partial charge in [0.15, 0.2) is 6.20 Å². The molecule has 3 aliphatic rings. The number of alkyl halides is 1. The van der Waals surface area contributed by atoms with Gasteiger partial charge in [0.1, 0.15) is 22.9 Å². The first-order chi connectivity index (χ1) is 67.9. The number of rotatable bonds is 12. The zero-order valence-electron chi connectivity index (χ0n) is 73.3. The van der Waals surface area contributed by atoms with Gasteiger partial charge in [-0.2, -0.15) is 0 Å². The van der Waals surface area contributed by atoms with Gasteiger partial charge in [0.2, 0.25) is 5.69 Å². The van der Waals surface area contributed by atoms with E-state index >= 15 is 0 Å². The zero-order valence-corrected chi connectivity index (χ0v) is 84.9. The molecule has 29 heteroatoms. The summed E-state index contributed by atoms with van der Waals surface area (Å²) < 4.78 is 10.2. The summed E-state index contributed by atoms with van der Waals surface area (Å²) in [4.78, 5) is 77.2. The molecule has 140 heavy (non-hydrogen) atoms. The predicted octanol–water partition coefficient (Wildman–Crippen LogP) is 21.9. The number of benzene rings is 7. The number of para-hydroxylation sites is 2. The number of aromatic nitrogens is 13. The number of carboxylic acids is 2. The maximum Gasteiger partial charge on any atom is 0.0837 e. The SMILES string of the molecule is C(c1ccccn1)=c1[n-]c(=Cc2ccccn2)c2ccccc12.ClC12Oc3ccccc3-c3cccc([n+]31)-c1cccc[n+]12.O=C(O)c1cccc(C(=O)O)n1.Oc1ccccc1-c1cccc(-c2ccccn2)n1.[Cl][Pt+].[Cl][Pt+].[Ir].[Ir].[c-]1c(-c2ccccn2)cccc1-c1ccccn1.[c-]1ccccc1-c1cccc(-c2[c-]cccc2)n1.c1ccc(N=C2[N-]C(=Nc3ccccn3)c3ccccc32)nc1. The monoisotopic (exact) mass is 2610 g/mol. The van der Waals surface area contributed by atoms with Crippen LogP contribution in [-0.4, -0.2) is 88.8 Å². The molecule has 0 bridgehead atoms. The number of halogens is 3. The Morgan fingerprint density at radius 3 is 1.24 bits per heavy atom. The third-order valence-electron chi connectivity index (χ3n) is 20.6. The molecule has 0 aliphatic carbocycles. The van der Waals surface area contributed by atoms with Crippen LogP contribution in [0.25, 0.3) is 119 Å². The first-order valence-electron chi connectivity index (χ1n) is 42.4. The van der Waals surface area contributed by atoms with Gasteiger partial charge in [0, 0.05) is 136 Å². The van der Waals surface area contributed by atoms with Crippen molar-refractivity contribution in [3.8, 4) is 102 Å². The smallest absolute Gasteiger partial charge is 0.0837 e. The molecule has 23 rings (SSSR count). The number of ether oxygens (including phenoxy) is 1. The summed E-state index contributed by atoms with van der Waals surface area (Å²) in [5.41, 5.74) is 18.2. The number of nitrogens with zero attached hydrogens (tertiary/aromatic N) is 16. The van der Waals surface area contributed by atoms with Crippen molar-refractivity contribution in [2.75, 3.05) is 0 Å². The largest absolute Gasteiger partial charge is 0.357 e. The number of hydrogen-bond acceptors (Lipinski definition) is 16. The summed E-state index contributed by atoms with van der Waals surface area (Å²) in [5.74, 6) is 1.04. The Bertz CT molecular complexity index is 7290. The Balaban J connectivity index is 0.000000137. The van der Waals surface area contributed by atoms with Gasteiger partial charge in [0.25, 0.3) is 11.4 Å². The van der Waals surface area contributed by atoms with Crippen LogP contribution in [-0.2, 0) is 83.1 Å². The fourth-order valence-electron chi connectivity index (χ4n) is 14.4. The number of aromatic hydroxyl groups is 1. The van der Waals surface area contributed by atoms with E-state index in [9.17, 15) is 14.7 Å². The molecule has 3 aliphatic heterocycles. The Labute approximate surface area is 869 Å². The standard InChI is InChI=1S/C20H14N3.C18H12N5.C17H11ClN2O.C17H11N.C16H12N2O.C16H11N2.C7H5NO4.2ClH.2Ir.2Pt/c1-2-10-18-17(9-1)19(13-15-7-3-5-11-21-15)23-20(18)14-16-8-4-6-12-22-16;1-2-8-14-13(7-1)17(21-15-9-3-5-11-19-15)23-18(14)22-16-10-4-6-12-20-16;18-17-19-11-4-3-7-14(19)15-9-5-8-13(20(15)17)12-6-1-2-10-16(12)21-17;1-3-8-14(9-4-1)16-12-7-13-17(18-16)15-10-5-2-6-11-15;19-16-10-2-1-6-12(16)13-8-5-9-15(18-13)14-7-3-4-11-17-14;1-3-10-17-15(8-1)13-6-5-7-14(12-13)16-9-2-4-11-18-16;9-6(10)4-2-1-3-5(8-4)7(11)12;;;;;;/h1-14H;1-12H;1-11H;1-8,10,12-13H;1-11,19H;1-11H;1-3H,(H,9,10)(H,11,12);2*1H;;;;/q2*-1;+2;-2;;-1;;;;;;2*+2/p-2. The Morgan fingerprint density at radius 1 is 0.364 bits per heavy atom. The van der Waals surface area contributed by atoms with Gasteiger partial charge in [-0.1, -0.05) is 190 Å². The van der Waals surface area contributed by atoms with Gasteiger partial charge in [-0.25, -0.2) is 19.6 Å². The average Bonchev–Trinajstić information content (AvgIpc) is 1.54. The first-order valence-corrected chi connectivity index (χ1v) is 48.5. The molecule has 1 unspecified atom stereocenters. The third kappa shape index (κ3) is 26.4. The van der Waals surface area contributed by atoms with Crippen molar-refractivity contribution in [2.24, 2.45) is 9.98 Å². The number of hydrogen-bond donors (Lipinski definition) is 3. The molecule has 1 atom stereocenters. The number of carbonyl (C=O) groups is 2. The minimum Gasteiger partial charge on any atom is -0.357 e. The van der Waals surface area contributed by atoms with Gasteiger partial charge >= 0.3 is 73.6 Å². The summed E-state index contributed by atoms with van der Waals surface area (Å²) in [6.45, 7) is 0. The molecule has 3 N–H and O–H groups in total. The van der Waals surface area contributed by atoms with E-state index in [4.69, 9.17) is 31.5 Å². The fourth-order valence-corrected chi connectivity index (χ4v) is 14.8. The Hall–Kier alpha value is -15.2. The number of phenolic OH excluding ortho intramolecular Hbond substituents is 1. The van der Waals surface area contributed by atoms with Crippen LogP contribution in [0.4, 0.5) is 11.6 Å². The van der Waals surface area contributed by atoms with Crippen molar-refractivity contribution in [3.63, 3.8) is 0 Å². The van der Waals surface area contributed by atoms with Crippen LogP contribution in [0.1, 0.15) is 43.5 Å². The van der Waals surface area contributed by atoms with Crippen molar-refractivity contribution in [2.45, 2.75) is 5.31 Å². The number of amidine groups is 2. The minimum absolute atomic E-state index is 0. The van der Waals surface area contributed by atoms with E-state index in [0.29, 0.717) is 23.3 Å². The summed E-state index contributed by atoms with van der Waals surface area (Å²) in [7, 11) is 9.22. The fraction of sp³-hybridized carbons (Fsp3) is 0.00901. The summed E-state index contributed by atoms with van der Waals surface area (Å²) in [6.07, 6.45) is 18.3. The number of fused-ring (bicyclic) bond motifs is 7. The van der Waals surface area contributed by atoms with Crippen LogP contribution in [0, 0.1) is 18.2 Å². The second-order valence-corrected chi connectivity index (χ2v) is 29.9. The Morgan fingerprint density at radius 2 is 0.757 bits per heavy atom. The number of phenols is 1. The predicted molar refractivity (Wildman–Crippen MR) is 529 cm³/mol. The Kier molecular flexibility index (Phi) is 37.9. The second-order valence-electron chi connectivity index (χ2n) is 29.4. The van der Waals surface area contributed by atoms with Crippen LogP contribution in [0.3, 0.4) is 0 Å². The van der Waals surface area contributed by atoms with Crippen molar-refractivity contribution in [1.82, 2.24) is 54.8 Å². The van der Waals surface area contributed by atoms with E-state index in [1.54, 1.807) is 93.1 Å². The number of pyridine rings is 12. The summed E-state index contributed by atoms with van der Waals surface area (Å²) in [6, 6.07) is 131. The van der Waals surface area contributed by atoms with Crippen LogP contribution in [0.2, 0.25) is 0 Å². The van der Waals surface area contributed by atoms with Crippen molar-refractivity contribution >= 4 is 88.6 Å². The molecular weight excluding hydrogens is 2530 g/mol. The van der Waals surface area contributed by atoms with Crippen molar-refractivity contribution < 1.29 is 117 Å². The maximum absolute atomic E-state index is 10.3. The topological polar surface area (TPSA) is 294 Å². The van der Waals surface area contributed by atoms with E-state index in [1.807, 2.05) is 337 Å². The number of carboxylic acid groups (broad SMARTS) is 2. The molecule has 13 aromatic heterocycles. The molecule has 696 valence electrons. The van der Waals surface area contributed by atoms with E-state index < -0.39 is 17.2 Å².